The highest BCUT2D eigenvalue weighted by atomic mass is 35.5. The van der Waals surface area contributed by atoms with Crippen molar-refractivity contribution < 1.29 is 4.79 Å². The van der Waals surface area contributed by atoms with Crippen molar-refractivity contribution in [1.82, 2.24) is 10.6 Å². The number of halogens is 1. The second kappa shape index (κ2) is 9.29. The van der Waals surface area contributed by atoms with Crippen molar-refractivity contribution in [2.75, 3.05) is 6.54 Å². The summed E-state index contributed by atoms with van der Waals surface area (Å²) in [6, 6.07) is 9.53. The third-order valence-electron chi connectivity index (χ3n) is 4.65. The molecule has 1 aromatic carbocycles. The van der Waals surface area contributed by atoms with Gasteiger partial charge in [-0.15, -0.1) is 12.4 Å². The second-order valence-corrected chi connectivity index (χ2v) is 7.07. The summed E-state index contributed by atoms with van der Waals surface area (Å²) < 4.78 is 0. The van der Waals surface area contributed by atoms with Crippen LogP contribution in [0.5, 0.6) is 0 Å². The van der Waals surface area contributed by atoms with E-state index in [1.165, 1.54) is 11.1 Å². The zero-order valence-electron chi connectivity index (χ0n) is 14.8. The molecule has 0 spiro atoms. The molecule has 4 heteroatoms. The van der Waals surface area contributed by atoms with Crippen molar-refractivity contribution >= 4 is 18.3 Å². The molecule has 1 aliphatic heterocycles. The Labute approximate surface area is 147 Å². The van der Waals surface area contributed by atoms with Crippen molar-refractivity contribution in [3.05, 3.63) is 35.4 Å². The number of rotatable bonds is 5. The predicted octanol–water partition coefficient (Wildman–Crippen LogP) is 3.98. The first-order valence-electron chi connectivity index (χ1n) is 8.58. The number of amides is 1. The van der Waals surface area contributed by atoms with Gasteiger partial charge in [-0.05, 0) is 49.3 Å². The predicted molar refractivity (Wildman–Crippen MR) is 99.4 cm³/mol. The minimum atomic E-state index is 0. The molecule has 1 amide bonds. The lowest BCUT2D eigenvalue weighted by Gasteiger charge is -2.29. The number of carbonyl (C=O) groups excluding carboxylic acids is 1. The van der Waals surface area contributed by atoms with E-state index in [0.717, 1.165) is 19.4 Å². The largest absolute Gasteiger partial charge is 0.353 e. The van der Waals surface area contributed by atoms with Gasteiger partial charge in [-0.3, -0.25) is 4.79 Å². The molecule has 0 aromatic heterocycles. The van der Waals surface area contributed by atoms with E-state index in [9.17, 15) is 4.79 Å². The van der Waals surface area contributed by atoms with Crippen LogP contribution in [0, 0.1) is 0 Å². The van der Waals surface area contributed by atoms with Crippen LogP contribution in [-0.4, -0.2) is 24.5 Å². The van der Waals surface area contributed by atoms with Gasteiger partial charge in [0.05, 0.1) is 0 Å². The number of carbonyl (C=O) groups is 1. The first kappa shape index (κ1) is 20.0. The fourth-order valence-corrected chi connectivity index (χ4v) is 3.16. The van der Waals surface area contributed by atoms with Crippen LogP contribution in [-0.2, 0) is 4.79 Å². The quantitative estimate of drug-likeness (QED) is 0.852. The Bertz CT molecular complexity index is 487. The van der Waals surface area contributed by atoms with Crippen LogP contribution < -0.4 is 10.6 Å². The first-order chi connectivity index (χ1) is 10.5. The average Bonchev–Trinajstić information content (AvgIpc) is 2.47. The standard InChI is InChI=1S/C19H30N2O.ClH/c1-13(2)16-5-7-17(8-6-16)14(3)11-19(22)21-18-9-10-20-15(4)12-18;/h5-8,13-15,18,20H,9-12H2,1-4H3,(H,21,22);1H. The van der Waals surface area contributed by atoms with Crippen molar-refractivity contribution in [3.63, 3.8) is 0 Å². The Morgan fingerprint density at radius 3 is 2.39 bits per heavy atom. The number of piperidine rings is 1. The summed E-state index contributed by atoms with van der Waals surface area (Å²) in [6.07, 6.45) is 2.64. The zero-order chi connectivity index (χ0) is 16.1. The van der Waals surface area contributed by atoms with Crippen molar-refractivity contribution in [3.8, 4) is 0 Å². The molecule has 2 N–H and O–H groups in total. The van der Waals surface area contributed by atoms with Crippen molar-refractivity contribution in [2.45, 2.75) is 70.9 Å². The van der Waals surface area contributed by atoms with Gasteiger partial charge in [0, 0.05) is 18.5 Å². The lowest BCUT2D eigenvalue weighted by atomic mass is 9.93. The van der Waals surface area contributed by atoms with Crippen LogP contribution in [0.3, 0.4) is 0 Å². The Balaban J connectivity index is 0.00000264. The molecule has 1 aliphatic rings. The van der Waals surface area contributed by atoms with Crippen molar-refractivity contribution in [1.29, 1.82) is 0 Å². The Hall–Kier alpha value is -1.06. The van der Waals surface area contributed by atoms with Crippen LogP contribution in [0.1, 0.15) is 69.9 Å². The summed E-state index contributed by atoms with van der Waals surface area (Å²) in [5.74, 6) is 0.995. The number of nitrogens with one attached hydrogen (secondary N) is 2. The van der Waals surface area contributed by atoms with Gasteiger partial charge in [0.25, 0.3) is 0 Å². The highest BCUT2D eigenvalue weighted by molar-refractivity contribution is 5.85. The highest BCUT2D eigenvalue weighted by Crippen LogP contribution is 2.22. The SMILES string of the molecule is CC1CC(NC(=O)CC(C)c2ccc(C(C)C)cc2)CCN1.Cl. The van der Waals surface area contributed by atoms with Gasteiger partial charge in [0.2, 0.25) is 5.91 Å². The minimum Gasteiger partial charge on any atom is -0.353 e. The van der Waals surface area contributed by atoms with Gasteiger partial charge in [-0.25, -0.2) is 0 Å². The van der Waals surface area contributed by atoms with Crippen molar-refractivity contribution in [2.24, 2.45) is 0 Å². The van der Waals surface area contributed by atoms with E-state index in [4.69, 9.17) is 0 Å². The summed E-state index contributed by atoms with van der Waals surface area (Å²) in [5.41, 5.74) is 2.60. The van der Waals surface area contributed by atoms with Crippen LogP contribution in [0.2, 0.25) is 0 Å². The lowest BCUT2D eigenvalue weighted by molar-refractivity contribution is -0.122. The average molecular weight is 339 g/mol. The third-order valence-corrected chi connectivity index (χ3v) is 4.65. The topological polar surface area (TPSA) is 41.1 Å². The molecule has 0 aliphatic carbocycles. The molecule has 2 rings (SSSR count). The molecule has 3 unspecified atom stereocenters. The molecule has 23 heavy (non-hydrogen) atoms. The van der Waals surface area contributed by atoms with Crippen LogP contribution in [0.15, 0.2) is 24.3 Å². The van der Waals surface area contributed by atoms with E-state index < -0.39 is 0 Å². The van der Waals surface area contributed by atoms with Crippen LogP contribution >= 0.6 is 12.4 Å². The molecular weight excluding hydrogens is 308 g/mol. The summed E-state index contributed by atoms with van der Waals surface area (Å²) in [7, 11) is 0. The summed E-state index contributed by atoms with van der Waals surface area (Å²) in [4.78, 5) is 12.2. The molecule has 1 saturated heterocycles. The lowest BCUT2D eigenvalue weighted by Crippen LogP contribution is -2.46. The third kappa shape index (κ3) is 6.15. The molecule has 1 aromatic rings. The summed E-state index contributed by atoms with van der Waals surface area (Å²) >= 11 is 0. The van der Waals surface area contributed by atoms with E-state index in [1.54, 1.807) is 0 Å². The molecule has 3 atom stereocenters. The normalized spacial score (nSPS) is 22.3. The fourth-order valence-electron chi connectivity index (χ4n) is 3.16. The van der Waals surface area contributed by atoms with E-state index in [2.05, 4.69) is 62.6 Å². The number of hydrogen-bond acceptors (Lipinski definition) is 2. The van der Waals surface area contributed by atoms with Gasteiger partial charge in [-0.2, -0.15) is 0 Å². The van der Waals surface area contributed by atoms with Gasteiger partial charge < -0.3 is 10.6 Å². The summed E-state index contributed by atoms with van der Waals surface area (Å²) in [5, 5.41) is 6.62. The maximum Gasteiger partial charge on any atom is 0.220 e. The van der Waals surface area contributed by atoms with E-state index in [1.807, 2.05) is 0 Å². The monoisotopic (exact) mass is 338 g/mol. The maximum absolute atomic E-state index is 12.2. The van der Waals surface area contributed by atoms with Gasteiger partial charge in [0.15, 0.2) is 0 Å². The molecule has 130 valence electrons. The first-order valence-corrected chi connectivity index (χ1v) is 8.58. The van der Waals surface area contributed by atoms with Gasteiger partial charge in [0.1, 0.15) is 0 Å². The van der Waals surface area contributed by atoms with Crippen LogP contribution in [0.25, 0.3) is 0 Å². The Morgan fingerprint density at radius 1 is 1.22 bits per heavy atom. The van der Waals surface area contributed by atoms with Gasteiger partial charge >= 0.3 is 0 Å². The van der Waals surface area contributed by atoms with Gasteiger partial charge in [-0.1, -0.05) is 45.0 Å². The number of hydrogen-bond donors (Lipinski definition) is 2. The minimum absolute atomic E-state index is 0. The molecule has 1 heterocycles. The van der Waals surface area contributed by atoms with E-state index in [0.29, 0.717) is 24.4 Å². The molecule has 0 bridgehead atoms. The van der Waals surface area contributed by atoms with E-state index >= 15 is 0 Å². The zero-order valence-corrected chi connectivity index (χ0v) is 15.6. The molecule has 3 nitrogen and oxygen atoms in total. The molecule has 0 radical (unpaired) electrons. The molecule has 0 saturated carbocycles. The maximum atomic E-state index is 12.2. The second-order valence-electron chi connectivity index (χ2n) is 7.07. The van der Waals surface area contributed by atoms with E-state index in [-0.39, 0.29) is 24.2 Å². The summed E-state index contributed by atoms with van der Waals surface area (Å²) in [6.45, 7) is 9.71. The Morgan fingerprint density at radius 2 is 1.83 bits per heavy atom. The highest BCUT2D eigenvalue weighted by Gasteiger charge is 2.21. The number of benzene rings is 1. The Kier molecular flexibility index (Phi) is 8.07. The molecule has 1 fully saturated rings. The fraction of sp³-hybridized carbons (Fsp3) is 0.632. The van der Waals surface area contributed by atoms with Crippen LogP contribution in [0.4, 0.5) is 0 Å². The molecular formula is C19H31ClN2O. The smallest absolute Gasteiger partial charge is 0.220 e.